The van der Waals surface area contributed by atoms with Crippen LogP contribution in [0.25, 0.3) is 11.0 Å². The number of aliphatic imine (C=N–C) groups is 1. The van der Waals surface area contributed by atoms with Gasteiger partial charge in [-0.1, -0.05) is 6.58 Å². The maximum absolute atomic E-state index is 12.5. The molecule has 0 unspecified atom stereocenters. The Labute approximate surface area is 139 Å². The summed E-state index contributed by atoms with van der Waals surface area (Å²) in [6, 6.07) is -0.306. The van der Waals surface area contributed by atoms with Crippen LogP contribution >= 0.6 is 0 Å². The molecule has 1 aliphatic heterocycles. The molecule has 124 valence electrons. The SMILES string of the molecule is C=CC(=NC(=O)N1CCc2c(cnc3[nH]ncc23)C1)/C(=C\C)OC. The molecule has 3 heterocycles. The molecule has 2 aromatic rings. The number of hydrogen-bond acceptors (Lipinski definition) is 4. The Morgan fingerprint density at radius 1 is 1.50 bits per heavy atom. The summed E-state index contributed by atoms with van der Waals surface area (Å²) >= 11 is 0. The zero-order valence-electron chi connectivity index (χ0n) is 13.7. The molecule has 0 saturated heterocycles. The summed E-state index contributed by atoms with van der Waals surface area (Å²) in [5.41, 5.74) is 3.42. The van der Waals surface area contributed by atoms with Crippen LogP contribution in [0.4, 0.5) is 4.79 Å². The van der Waals surface area contributed by atoms with Gasteiger partial charge in [-0.3, -0.25) is 5.10 Å². The van der Waals surface area contributed by atoms with E-state index < -0.39 is 0 Å². The number of urea groups is 1. The van der Waals surface area contributed by atoms with E-state index in [2.05, 4.69) is 26.8 Å². The highest BCUT2D eigenvalue weighted by atomic mass is 16.5. The first-order valence-corrected chi connectivity index (χ1v) is 7.68. The van der Waals surface area contributed by atoms with Gasteiger partial charge in [0.05, 0.1) is 13.3 Å². The third kappa shape index (κ3) is 2.80. The normalized spacial score (nSPS) is 15.3. The first kappa shape index (κ1) is 15.9. The smallest absolute Gasteiger partial charge is 0.344 e. The quantitative estimate of drug-likeness (QED) is 0.694. The molecule has 1 aliphatic rings. The molecule has 0 saturated carbocycles. The number of nitrogens with one attached hydrogen (secondary N) is 1. The Morgan fingerprint density at radius 2 is 2.33 bits per heavy atom. The average Bonchev–Trinajstić information content (AvgIpc) is 3.10. The number of methoxy groups -OCH3 is 1. The zero-order valence-corrected chi connectivity index (χ0v) is 13.7. The Morgan fingerprint density at radius 3 is 3.04 bits per heavy atom. The molecule has 0 aliphatic carbocycles. The Kier molecular flexibility index (Phi) is 4.41. The van der Waals surface area contributed by atoms with Gasteiger partial charge in [-0.2, -0.15) is 10.1 Å². The van der Waals surface area contributed by atoms with Crippen LogP contribution in [0, 0.1) is 0 Å². The van der Waals surface area contributed by atoms with Crippen LogP contribution in [0.15, 0.2) is 41.9 Å². The van der Waals surface area contributed by atoms with E-state index in [1.165, 1.54) is 18.7 Å². The van der Waals surface area contributed by atoms with Crippen molar-refractivity contribution in [1.82, 2.24) is 20.1 Å². The second kappa shape index (κ2) is 6.66. The molecule has 0 bridgehead atoms. The van der Waals surface area contributed by atoms with Crippen molar-refractivity contribution in [1.29, 1.82) is 0 Å². The number of carbonyl (C=O) groups is 1. The number of allylic oxidation sites excluding steroid dienone is 2. The van der Waals surface area contributed by atoms with E-state index in [0.29, 0.717) is 24.6 Å². The number of aromatic amines is 1. The predicted molar refractivity (Wildman–Crippen MR) is 91.8 cm³/mol. The van der Waals surface area contributed by atoms with Crippen LogP contribution in [-0.2, 0) is 17.7 Å². The lowest BCUT2D eigenvalue weighted by molar-refractivity contribution is 0.202. The Balaban J connectivity index is 1.84. The standard InChI is InChI=1S/C17H19N5O2/c1-4-14(15(5-2)24-3)20-17(23)22-7-6-12-11(10-22)8-18-16-13(12)9-19-21-16/h4-5,8-9H,1,6-7,10H2,2-3H3,(H,18,19,21)/b15-5+,20-14?. The fourth-order valence-electron chi connectivity index (χ4n) is 2.86. The second-order valence-corrected chi connectivity index (χ2v) is 5.41. The number of amides is 2. The molecule has 7 heteroatoms. The van der Waals surface area contributed by atoms with Crippen molar-refractivity contribution in [3.05, 3.63) is 48.0 Å². The van der Waals surface area contributed by atoms with Crippen LogP contribution in [0.3, 0.4) is 0 Å². The molecule has 0 fully saturated rings. The van der Waals surface area contributed by atoms with Gasteiger partial charge in [0.1, 0.15) is 11.5 Å². The molecule has 0 radical (unpaired) electrons. The van der Waals surface area contributed by atoms with Crippen molar-refractivity contribution in [3.8, 4) is 0 Å². The number of fused-ring (bicyclic) bond motifs is 3. The highest BCUT2D eigenvalue weighted by Crippen LogP contribution is 2.25. The van der Waals surface area contributed by atoms with Crippen molar-refractivity contribution in [2.75, 3.05) is 13.7 Å². The van der Waals surface area contributed by atoms with Gasteiger partial charge in [-0.05, 0) is 36.6 Å². The summed E-state index contributed by atoms with van der Waals surface area (Å²) in [5.74, 6) is 0.525. The van der Waals surface area contributed by atoms with Crippen LogP contribution in [0.1, 0.15) is 18.1 Å². The van der Waals surface area contributed by atoms with E-state index in [9.17, 15) is 4.79 Å². The maximum Gasteiger partial charge on any atom is 0.344 e. The van der Waals surface area contributed by atoms with Crippen molar-refractivity contribution in [2.45, 2.75) is 19.9 Å². The summed E-state index contributed by atoms with van der Waals surface area (Å²) in [6.07, 6.45) is 7.59. The molecule has 1 N–H and O–H groups in total. The van der Waals surface area contributed by atoms with Crippen LogP contribution in [0.2, 0.25) is 0 Å². The molecule has 3 rings (SSSR count). The topological polar surface area (TPSA) is 83.5 Å². The lowest BCUT2D eigenvalue weighted by Gasteiger charge is -2.27. The van der Waals surface area contributed by atoms with Gasteiger partial charge in [-0.15, -0.1) is 0 Å². The minimum Gasteiger partial charge on any atom is -0.495 e. The van der Waals surface area contributed by atoms with Gasteiger partial charge in [0.15, 0.2) is 5.65 Å². The summed E-state index contributed by atoms with van der Waals surface area (Å²) in [5, 5.41) is 7.92. The van der Waals surface area contributed by atoms with Gasteiger partial charge < -0.3 is 9.64 Å². The van der Waals surface area contributed by atoms with Gasteiger partial charge >= 0.3 is 6.03 Å². The fraction of sp³-hybridized carbons (Fsp3) is 0.294. The van der Waals surface area contributed by atoms with E-state index in [-0.39, 0.29) is 6.03 Å². The lowest BCUT2D eigenvalue weighted by Crippen LogP contribution is -2.34. The minimum atomic E-state index is -0.306. The number of hydrogen-bond donors (Lipinski definition) is 1. The second-order valence-electron chi connectivity index (χ2n) is 5.41. The van der Waals surface area contributed by atoms with Crippen LogP contribution < -0.4 is 0 Å². The third-order valence-corrected chi connectivity index (χ3v) is 4.09. The van der Waals surface area contributed by atoms with E-state index >= 15 is 0 Å². The fourth-order valence-corrected chi connectivity index (χ4v) is 2.86. The molecular formula is C17H19N5O2. The number of carbonyl (C=O) groups excluding carboxylic acids is 1. The average molecular weight is 325 g/mol. The number of H-pyrrole nitrogens is 1. The summed E-state index contributed by atoms with van der Waals surface area (Å²) < 4.78 is 5.20. The number of rotatable bonds is 3. The van der Waals surface area contributed by atoms with E-state index in [1.807, 2.05) is 6.92 Å². The molecule has 0 spiro atoms. The summed E-state index contributed by atoms with van der Waals surface area (Å²) in [7, 11) is 1.54. The predicted octanol–water partition coefficient (Wildman–Crippen LogP) is 2.61. The monoisotopic (exact) mass is 325 g/mol. The zero-order chi connectivity index (χ0) is 17.1. The molecule has 0 atom stereocenters. The maximum atomic E-state index is 12.5. The van der Waals surface area contributed by atoms with E-state index in [1.54, 1.807) is 23.4 Å². The first-order chi connectivity index (χ1) is 11.7. The highest BCUT2D eigenvalue weighted by molar-refractivity contribution is 6.11. The van der Waals surface area contributed by atoms with Crippen LogP contribution in [0.5, 0.6) is 0 Å². The summed E-state index contributed by atoms with van der Waals surface area (Å²) in [4.78, 5) is 22.7. The van der Waals surface area contributed by atoms with Crippen molar-refractivity contribution < 1.29 is 9.53 Å². The van der Waals surface area contributed by atoms with Gasteiger partial charge in [0.25, 0.3) is 0 Å². The number of pyridine rings is 1. The minimum absolute atomic E-state index is 0.306. The molecule has 2 aromatic heterocycles. The van der Waals surface area contributed by atoms with E-state index in [4.69, 9.17) is 4.74 Å². The first-order valence-electron chi connectivity index (χ1n) is 7.68. The molecule has 7 nitrogen and oxygen atoms in total. The van der Waals surface area contributed by atoms with Gasteiger partial charge in [0.2, 0.25) is 0 Å². The third-order valence-electron chi connectivity index (χ3n) is 4.09. The molecular weight excluding hydrogens is 306 g/mol. The van der Waals surface area contributed by atoms with Gasteiger partial charge in [0, 0.05) is 24.7 Å². The molecule has 24 heavy (non-hydrogen) atoms. The number of nitrogens with zero attached hydrogens (tertiary/aromatic N) is 4. The highest BCUT2D eigenvalue weighted by Gasteiger charge is 2.23. The molecule has 0 aromatic carbocycles. The van der Waals surface area contributed by atoms with Crippen molar-refractivity contribution in [3.63, 3.8) is 0 Å². The number of ether oxygens (including phenoxy) is 1. The summed E-state index contributed by atoms with van der Waals surface area (Å²) in [6.45, 7) is 6.60. The van der Waals surface area contributed by atoms with Crippen molar-refractivity contribution >= 4 is 22.8 Å². The van der Waals surface area contributed by atoms with Crippen LogP contribution in [-0.4, -0.2) is 45.5 Å². The largest absolute Gasteiger partial charge is 0.495 e. The van der Waals surface area contributed by atoms with E-state index in [0.717, 1.165) is 23.0 Å². The number of aromatic nitrogens is 3. The Hall–Kier alpha value is -2.96. The van der Waals surface area contributed by atoms with Gasteiger partial charge in [-0.25, -0.2) is 9.78 Å². The lowest BCUT2D eigenvalue weighted by atomic mass is 9.99. The molecule has 2 amide bonds. The van der Waals surface area contributed by atoms with Crippen molar-refractivity contribution in [2.24, 2.45) is 4.99 Å². The Bertz CT molecular complexity index is 850.